The Hall–Kier alpha value is -6.69. The Morgan fingerprint density at radius 3 is 2.06 bits per heavy atom. The third kappa shape index (κ3) is 5.08. The molecular weight excluding hydrogens is 679 g/mol. The summed E-state index contributed by atoms with van der Waals surface area (Å²) in [6.07, 6.45) is 8.46. The number of hydrogen-bond donors (Lipinski definition) is 0. The molecule has 2 unspecified atom stereocenters. The highest BCUT2D eigenvalue weighted by atomic mass is 32.1. The van der Waals surface area contributed by atoms with E-state index in [0.717, 1.165) is 33.4 Å². The number of allylic oxidation sites excluding steroid dienone is 2. The van der Waals surface area contributed by atoms with Crippen LogP contribution in [0.5, 0.6) is 5.75 Å². The fraction of sp³-hybridized carbons (Fsp3) is 0.0408. The highest BCUT2D eigenvalue weighted by Crippen LogP contribution is 2.47. The molecule has 0 N–H and O–H groups in total. The Morgan fingerprint density at radius 2 is 1.15 bits per heavy atom. The fourth-order valence-electron chi connectivity index (χ4n) is 8.09. The van der Waals surface area contributed by atoms with E-state index in [1.54, 1.807) is 11.3 Å². The summed E-state index contributed by atoms with van der Waals surface area (Å²) in [6, 6.07) is 53.8. The Labute approximate surface area is 316 Å². The molecule has 0 radical (unpaired) electrons. The largest absolute Gasteiger partial charge is 0.484 e. The highest BCUT2D eigenvalue weighted by molar-refractivity contribution is 7.26. The molecule has 0 saturated heterocycles. The Balaban J connectivity index is 1.05. The molecule has 5 heteroatoms. The van der Waals surface area contributed by atoms with Crippen LogP contribution < -0.4 is 4.74 Å². The number of hydrogen-bond acceptors (Lipinski definition) is 5. The second-order valence-electron chi connectivity index (χ2n) is 13.9. The van der Waals surface area contributed by atoms with Crippen molar-refractivity contribution in [2.24, 2.45) is 0 Å². The van der Waals surface area contributed by atoms with Gasteiger partial charge in [-0.25, -0.2) is 15.0 Å². The van der Waals surface area contributed by atoms with Gasteiger partial charge < -0.3 is 4.74 Å². The average Bonchev–Trinajstić information content (AvgIpc) is 3.82. The molecule has 54 heavy (non-hydrogen) atoms. The van der Waals surface area contributed by atoms with E-state index in [2.05, 4.69) is 158 Å². The Bertz CT molecular complexity index is 2980. The van der Waals surface area contributed by atoms with Crippen molar-refractivity contribution in [3.63, 3.8) is 0 Å². The molecular formula is C49H31N3OS. The summed E-state index contributed by atoms with van der Waals surface area (Å²) in [6.45, 7) is 0. The van der Waals surface area contributed by atoms with Crippen LogP contribution in [0, 0.1) is 0 Å². The van der Waals surface area contributed by atoms with Gasteiger partial charge in [-0.1, -0.05) is 146 Å². The van der Waals surface area contributed by atoms with Crippen molar-refractivity contribution in [2.75, 3.05) is 0 Å². The minimum absolute atomic E-state index is 0.0319. The topological polar surface area (TPSA) is 47.9 Å². The number of fused-ring (bicyclic) bond motifs is 7. The first-order chi connectivity index (χ1) is 26.7. The number of benzene rings is 7. The van der Waals surface area contributed by atoms with Crippen LogP contribution in [0.1, 0.15) is 11.5 Å². The first kappa shape index (κ1) is 30.9. The minimum atomic E-state index is -0.0319. The van der Waals surface area contributed by atoms with Crippen molar-refractivity contribution in [3.8, 4) is 62.2 Å². The molecule has 3 heterocycles. The maximum atomic E-state index is 6.57. The summed E-state index contributed by atoms with van der Waals surface area (Å²) in [4.78, 5) is 15.5. The molecule has 2 atom stereocenters. The molecule has 254 valence electrons. The van der Waals surface area contributed by atoms with E-state index in [-0.39, 0.29) is 12.0 Å². The van der Waals surface area contributed by atoms with Gasteiger partial charge in [0.2, 0.25) is 0 Å². The van der Waals surface area contributed by atoms with E-state index in [4.69, 9.17) is 19.7 Å². The fourth-order valence-corrected chi connectivity index (χ4v) is 9.20. The Morgan fingerprint density at radius 1 is 0.463 bits per heavy atom. The number of nitrogens with zero attached hydrogens (tertiary/aromatic N) is 3. The zero-order chi connectivity index (χ0) is 35.6. The van der Waals surface area contributed by atoms with Crippen molar-refractivity contribution >= 4 is 42.3 Å². The minimum Gasteiger partial charge on any atom is -0.484 e. The number of thiophene rings is 1. The SMILES string of the molecule is C1=CC2Oc3c(-c4nc(-c5ccccc5)nc(-c5cccc6sc7ccc(-c8ccc(-c9cccc%10ccccc9%10)cc8)cc7c56)n4)cccc3C2C=C1. The van der Waals surface area contributed by atoms with Gasteiger partial charge in [0, 0.05) is 42.8 Å². The van der Waals surface area contributed by atoms with Crippen molar-refractivity contribution in [1.82, 2.24) is 15.0 Å². The maximum absolute atomic E-state index is 6.57. The molecule has 2 aromatic heterocycles. The Kier molecular flexibility index (Phi) is 7.13. The zero-order valence-corrected chi connectivity index (χ0v) is 29.9. The lowest BCUT2D eigenvalue weighted by Crippen LogP contribution is -2.15. The van der Waals surface area contributed by atoms with E-state index < -0.39 is 0 Å². The first-order valence-electron chi connectivity index (χ1n) is 18.3. The predicted molar refractivity (Wildman–Crippen MR) is 223 cm³/mol. The van der Waals surface area contributed by atoms with Gasteiger partial charge in [0.15, 0.2) is 17.5 Å². The summed E-state index contributed by atoms with van der Waals surface area (Å²) < 4.78 is 8.99. The molecule has 0 saturated carbocycles. The lowest BCUT2D eigenvalue weighted by atomic mass is 9.91. The number of para-hydroxylation sites is 1. The lowest BCUT2D eigenvalue weighted by molar-refractivity contribution is 0.269. The van der Waals surface area contributed by atoms with E-state index in [1.165, 1.54) is 47.8 Å². The number of ether oxygens (including phenoxy) is 1. The van der Waals surface area contributed by atoms with E-state index in [1.807, 2.05) is 18.2 Å². The molecule has 1 aliphatic heterocycles. The summed E-state index contributed by atoms with van der Waals surface area (Å²) >= 11 is 1.80. The second kappa shape index (κ2) is 12.5. The van der Waals surface area contributed by atoms with Gasteiger partial charge in [-0.15, -0.1) is 11.3 Å². The molecule has 1 aliphatic carbocycles. The molecule has 0 fully saturated rings. The molecule has 9 aromatic rings. The van der Waals surface area contributed by atoms with Crippen LogP contribution in [-0.4, -0.2) is 21.1 Å². The molecule has 2 aliphatic rings. The van der Waals surface area contributed by atoms with Crippen LogP contribution in [-0.2, 0) is 0 Å². The van der Waals surface area contributed by atoms with Crippen LogP contribution >= 0.6 is 11.3 Å². The summed E-state index contributed by atoms with van der Waals surface area (Å²) in [5, 5.41) is 4.86. The van der Waals surface area contributed by atoms with Crippen LogP contribution in [0.2, 0.25) is 0 Å². The summed E-state index contributed by atoms with van der Waals surface area (Å²) in [7, 11) is 0. The first-order valence-corrected chi connectivity index (χ1v) is 19.1. The van der Waals surface area contributed by atoms with Gasteiger partial charge in [-0.3, -0.25) is 0 Å². The van der Waals surface area contributed by atoms with Crippen molar-refractivity contribution in [2.45, 2.75) is 12.0 Å². The number of rotatable bonds is 5. The van der Waals surface area contributed by atoms with Gasteiger partial charge in [0.25, 0.3) is 0 Å². The smallest absolute Gasteiger partial charge is 0.167 e. The summed E-state index contributed by atoms with van der Waals surface area (Å²) in [5.74, 6) is 2.89. The van der Waals surface area contributed by atoms with E-state index in [0.29, 0.717) is 17.5 Å². The van der Waals surface area contributed by atoms with E-state index in [9.17, 15) is 0 Å². The standard InChI is InChI=1S/C49H31N3OS/c1-2-12-33(13-3-1)47-50-48(52-49(51-47)40-20-9-18-38-37-16-6-7-21-42(37)53-46(38)40)39-19-10-22-44-45(39)41-29-34(27-28-43(41)54-44)30-23-25-32(26-24-30)36-17-8-14-31-11-4-5-15-35(31)36/h1-29,37,42H. The van der Waals surface area contributed by atoms with Crippen LogP contribution in [0.25, 0.3) is 87.4 Å². The van der Waals surface area contributed by atoms with Crippen LogP contribution in [0.3, 0.4) is 0 Å². The molecule has 0 spiro atoms. The zero-order valence-electron chi connectivity index (χ0n) is 29.1. The summed E-state index contributed by atoms with van der Waals surface area (Å²) in [5.41, 5.74) is 8.75. The van der Waals surface area contributed by atoms with Crippen molar-refractivity contribution < 1.29 is 4.74 Å². The lowest BCUT2D eigenvalue weighted by Gasteiger charge is -2.14. The molecule has 4 nitrogen and oxygen atoms in total. The molecule has 0 amide bonds. The maximum Gasteiger partial charge on any atom is 0.167 e. The van der Waals surface area contributed by atoms with Crippen LogP contribution in [0.15, 0.2) is 176 Å². The van der Waals surface area contributed by atoms with Crippen LogP contribution in [0.4, 0.5) is 0 Å². The normalized spacial score (nSPS) is 15.8. The quantitative estimate of drug-likeness (QED) is 0.178. The van der Waals surface area contributed by atoms with E-state index >= 15 is 0 Å². The van der Waals surface area contributed by atoms with Gasteiger partial charge in [-0.2, -0.15) is 0 Å². The van der Waals surface area contributed by atoms with Gasteiger partial charge >= 0.3 is 0 Å². The van der Waals surface area contributed by atoms with Crippen molar-refractivity contribution in [1.29, 1.82) is 0 Å². The third-order valence-corrected chi connectivity index (χ3v) is 11.8. The highest BCUT2D eigenvalue weighted by Gasteiger charge is 2.34. The number of aromatic nitrogens is 3. The third-order valence-electron chi connectivity index (χ3n) is 10.7. The average molecular weight is 710 g/mol. The predicted octanol–water partition coefficient (Wildman–Crippen LogP) is 12.7. The van der Waals surface area contributed by atoms with Gasteiger partial charge in [0.1, 0.15) is 11.9 Å². The molecule has 0 bridgehead atoms. The van der Waals surface area contributed by atoms with Crippen molar-refractivity contribution in [3.05, 3.63) is 182 Å². The second-order valence-corrected chi connectivity index (χ2v) is 15.0. The van der Waals surface area contributed by atoms with Gasteiger partial charge in [0.05, 0.1) is 5.56 Å². The molecule has 11 rings (SSSR count). The molecule has 7 aromatic carbocycles. The van der Waals surface area contributed by atoms with Gasteiger partial charge in [-0.05, 0) is 63.4 Å². The monoisotopic (exact) mass is 709 g/mol.